The number of aryl methyl sites for hydroxylation is 1. The number of anilines is 1. The third-order valence-electron chi connectivity index (χ3n) is 4.91. The summed E-state index contributed by atoms with van der Waals surface area (Å²) in [5, 5.41) is 8.85. The Labute approximate surface area is 174 Å². The molecule has 0 atom stereocenters. The number of primary amides is 1. The first-order valence-electron chi connectivity index (χ1n) is 9.44. The summed E-state index contributed by atoms with van der Waals surface area (Å²) in [6.45, 7) is 2.97. The zero-order valence-corrected chi connectivity index (χ0v) is 17.5. The van der Waals surface area contributed by atoms with E-state index in [9.17, 15) is 9.59 Å². The highest BCUT2D eigenvalue weighted by Crippen LogP contribution is 2.21. The van der Waals surface area contributed by atoms with Crippen LogP contribution in [-0.2, 0) is 23.1 Å². The van der Waals surface area contributed by atoms with Crippen molar-refractivity contribution in [1.29, 1.82) is 0 Å². The average Bonchev–Trinajstić information content (AvgIpc) is 3.10. The molecule has 9 nitrogen and oxygen atoms in total. The van der Waals surface area contributed by atoms with Crippen LogP contribution in [0.3, 0.4) is 0 Å². The number of amides is 2. The number of nitrogens with zero attached hydrogens (tertiary/aromatic N) is 5. The maximum absolute atomic E-state index is 12.6. The van der Waals surface area contributed by atoms with Crippen LogP contribution in [-0.4, -0.2) is 70.5 Å². The van der Waals surface area contributed by atoms with E-state index < -0.39 is 0 Å². The van der Waals surface area contributed by atoms with Crippen molar-refractivity contribution in [3.8, 4) is 5.75 Å². The van der Waals surface area contributed by atoms with Gasteiger partial charge in [-0.1, -0.05) is 11.8 Å². The molecule has 0 saturated carbocycles. The highest BCUT2D eigenvalue weighted by atomic mass is 32.2. The zero-order chi connectivity index (χ0) is 20.8. The maximum Gasteiger partial charge on any atom is 0.233 e. The monoisotopic (exact) mass is 418 g/mol. The molecule has 0 radical (unpaired) electrons. The molecule has 1 fully saturated rings. The van der Waals surface area contributed by atoms with Crippen LogP contribution in [0.25, 0.3) is 0 Å². The first-order chi connectivity index (χ1) is 14.0. The SMILES string of the molecule is COc1ccc(N2CCN(C(=O)CSc3nnc(CCC(N)=O)n3C)CC2)cc1. The second-order valence-electron chi connectivity index (χ2n) is 6.78. The number of aromatic nitrogens is 3. The summed E-state index contributed by atoms with van der Waals surface area (Å²) < 4.78 is 7.00. The lowest BCUT2D eigenvalue weighted by atomic mass is 10.2. The molecule has 2 amide bonds. The Morgan fingerprint density at radius 1 is 1.14 bits per heavy atom. The van der Waals surface area contributed by atoms with Crippen LogP contribution >= 0.6 is 11.8 Å². The first-order valence-corrected chi connectivity index (χ1v) is 10.4. The Bertz CT molecular complexity index is 846. The standard InChI is InChI=1S/C19H26N6O3S/c1-23-17(8-7-16(20)26)21-22-19(23)29-13-18(27)25-11-9-24(10-12-25)14-3-5-15(28-2)6-4-14/h3-6H,7-13H2,1-2H3,(H2,20,26). The molecular weight excluding hydrogens is 392 g/mol. The van der Waals surface area contributed by atoms with Gasteiger partial charge >= 0.3 is 0 Å². The van der Waals surface area contributed by atoms with E-state index in [-0.39, 0.29) is 18.2 Å². The van der Waals surface area contributed by atoms with Crippen molar-refractivity contribution in [2.75, 3.05) is 43.9 Å². The minimum Gasteiger partial charge on any atom is -0.497 e. The van der Waals surface area contributed by atoms with E-state index in [0.29, 0.717) is 36.2 Å². The smallest absolute Gasteiger partial charge is 0.233 e. The number of piperazine rings is 1. The number of nitrogens with two attached hydrogens (primary N) is 1. The molecule has 0 spiro atoms. The highest BCUT2D eigenvalue weighted by Gasteiger charge is 2.22. The summed E-state index contributed by atoms with van der Waals surface area (Å²) >= 11 is 1.36. The van der Waals surface area contributed by atoms with Crippen LogP contribution in [0.2, 0.25) is 0 Å². The number of carbonyl (C=O) groups excluding carboxylic acids is 2. The van der Waals surface area contributed by atoms with Gasteiger partial charge in [0.1, 0.15) is 11.6 Å². The van der Waals surface area contributed by atoms with Crippen molar-refractivity contribution >= 4 is 29.3 Å². The lowest BCUT2D eigenvalue weighted by molar-refractivity contribution is -0.128. The Morgan fingerprint density at radius 3 is 2.45 bits per heavy atom. The molecule has 10 heteroatoms. The molecular formula is C19H26N6O3S. The van der Waals surface area contributed by atoms with Gasteiger partial charge in [-0.25, -0.2) is 0 Å². The van der Waals surface area contributed by atoms with Gasteiger partial charge in [-0.05, 0) is 24.3 Å². The minimum absolute atomic E-state index is 0.0890. The number of carbonyl (C=O) groups is 2. The van der Waals surface area contributed by atoms with Gasteiger partial charge in [0.15, 0.2) is 5.16 Å². The summed E-state index contributed by atoms with van der Waals surface area (Å²) in [4.78, 5) is 27.7. The summed E-state index contributed by atoms with van der Waals surface area (Å²) in [6, 6.07) is 7.97. The van der Waals surface area contributed by atoms with Crippen LogP contribution in [0.1, 0.15) is 12.2 Å². The van der Waals surface area contributed by atoms with E-state index in [1.807, 2.05) is 40.8 Å². The van der Waals surface area contributed by atoms with Crippen LogP contribution in [0.5, 0.6) is 5.75 Å². The Kier molecular flexibility index (Phi) is 6.97. The first kappa shape index (κ1) is 21.0. The van der Waals surface area contributed by atoms with Gasteiger partial charge in [0.05, 0.1) is 12.9 Å². The molecule has 29 heavy (non-hydrogen) atoms. The topological polar surface area (TPSA) is 107 Å². The summed E-state index contributed by atoms with van der Waals surface area (Å²) in [7, 11) is 3.48. The molecule has 0 bridgehead atoms. The third kappa shape index (κ3) is 5.41. The Balaban J connectivity index is 1.47. The van der Waals surface area contributed by atoms with E-state index in [1.54, 1.807) is 7.11 Å². The largest absolute Gasteiger partial charge is 0.497 e. The second-order valence-corrected chi connectivity index (χ2v) is 7.72. The summed E-state index contributed by atoms with van der Waals surface area (Å²) in [5.74, 6) is 1.55. The number of hydrogen-bond donors (Lipinski definition) is 1. The van der Waals surface area contributed by atoms with Crippen molar-refractivity contribution in [2.45, 2.75) is 18.0 Å². The molecule has 1 aromatic heterocycles. The van der Waals surface area contributed by atoms with E-state index in [0.717, 1.165) is 24.5 Å². The molecule has 1 aliphatic heterocycles. The predicted octanol–water partition coefficient (Wildman–Crippen LogP) is 0.683. The number of hydrogen-bond acceptors (Lipinski definition) is 7. The molecule has 2 aromatic rings. The normalized spacial score (nSPS) is 14.1. The fourth-order valence-corrected chi connectivity index (χ4v) is 3.98. The van der Waals surface area contributed by atoms with Crippen molar-refractivity contribution in [2.24, 2.45) is 12.8 Å². The number of rotatable bonds is 8. The second kappa shape index (κ2) is 9.64. The van der Waals surface area contributed by atoms with Gasteiger partial charge in [-0.15, -0.1) is 10.2 Å². The summed E-state index contributed by atoms with van der Waals surface area (Å²) in [5.41, 5.74) is 6.31. The van der Waals surface area contributed by atoms with E-state index in [2.05, 4.69) is 15.1 Å². The van der Waals surface area contributed by atoms with E-state index in [4.69, 9.17) is 10.5 Å². The molecule has 3 rings (SSSR count). The van der Waals surface area contributed by atoms with Crippen LogP contribution < -0.4 is 15.4 Å². The lowest BCUT2D eigenvalue weighted by Crippen LogP contribution is -2.49. The maximum atomic E-state index is 12.6. The molecule has 1 aliphatic rings. The fraction of sp³-hybridized carbons (Fsp3) is 0.474. The predicted molar refractivity (Wildman–Crippen MR) is 111 cm³/mol. The van der Waals surface area contributed by atoms with E-state index in [1.165, 1.54) is 11.8 Å². The highest BCUT2D eigenvalue weighted by molar-refractivity contribution is 7.99. The molecule has 0 aliphatic carbocycles. The summed E-state index contributed by atoms with van der Waals surface area (Å²) in [6.07, 6.45) is 0.675. The number of methoxy groups -OCH3 is 1. The number of ether oxygens (including phenoxy) is 1. The van der Waals surface area contributed by atoms with Crippen LogP contribution in [0.4, 0.5) is 5.69 Å². The third-order valence-corrected chi connectivity index (χ3v) is 5.92. The molecule has 0 unspecified atom stereocenters. The molecule has 156 valence electrons. The van der Waals surface area contributed by atoms with Crippen LogP contribution in [0.15, 0.2) is 29.4 Å². The van der Waals surface area contributed by atoms with Crippen molar-refractivity contribution in [3.05, 3.63) is 30.1 Å². The molecule has 2 N–H and O–H groups in total. The zero-order valence-electron chi connectivity index (χ0n) is 16.7. The van der Waals surface area contributed by atoms with Gasteiger partial charge in [-0.3, -0.25) is 9.59 Å². The van der Waals surface area contributed by atoms with Crippen molar-refractivity contribution in [1.82, 2.24) is 19.7 Å². The number of benzene rings is 1. The fourth-order valence-electron chi connectivity index (χ4n) is 3.15. The Hall–Kier alpha value is -2.75. The molecule has 1 aromatic carbocycles. The van der Waals surface area contributed by atoms with E-state index >= 15 is 0 Å². The quantitative estimate of drug-likeness (QED) is 0.628. The lowest BCUT2D eigenvalue weighted by Gasteiger charge is -2.36. The van der Waals surface area contributed by atoms with Crippen molar-refractivity contribution in [3.63, 3.8) is 0 Å². The number of thioether (sulfide) groups is 1. The van der Waals surface area contributed by atoms with Gasteiger partial charge < -0.3 is 24.8 Å². The van der Waals surface area contributed by atoms with Crippen LogP contribution in [0, 0.1) is 0 Å². The van der Waals surface area contributed by atoms with Gasteiger partial charge in [0, 0.05) is 51.8 Å². The molecule has 1 saturated heterocycles. The Morgan fingerprint density at radius 2 is 1.83 bits per heavy atom. The average molecular weight is 419 g/mol. The van der Waals surface area contributed by atoms with Gasteiger partial charge in [0.25, 0.3) is 0 Å². The van der Waals surface area contributed by atoms with Gasteiger partial charge in [0.2, 0.25) is 11.8 Å². The van der Waals surface area contributed by atoms with Crippen molar-refractivity contribution < 1.29 is 14.3 Å². The minimum atomic E-state index is -0.369. The molecule has 2 heterocycles. The van der Waals surface area contributed by atoms with Gasteiger partial charge in [-0.2, -0.15) is 0 Å².